The van der Waals surface area contributed by atoms with Gasteiger partial charge in [0, 0.05) is 22.6 Å². The number of thioether (sulfide) groups is 1. The zero-order valence-electron chi connectivity index (χ0n) is 14.3. The molecule has 1 amide bonds. The Morgan fingerprint density at radius 1 is 1.28 bits per heavy atom. The van der Waals surface area contributed by atoms with Gasteiger partial charge in [-0.3, -0.25) is 9.59 Å². The van der Waals surface area contributed by atoms with E-state index in [0.717, 1.165) is 20.8 Å². The van der Waals surface area contributed by atoms with Crippen LogP contribution in [0.5, 0.6) is 0 Å². The van der Waals surface area contributed by atoms with E-state index in [9.17, 15) is 9.59 Å². The molecule has 2 aromatic heterocycles. The molecule has 3 rings (SSSR count). The van der Waals surface area contributed by atoms with Crippen LogP contribution in [0.2, 0.25) is 0 Å². The van der Waals surface area contributed by atoms with Crippen molar-refractivity contribution in [3.63, 3.8) is 0 Å². The maximum absolute atomic E-state index is 12.7. The molecule has 0 atom stereocenters. The number of benzene rings is 1. The van der Waals surface area contributed by atoms with Gasteiger partial charge in [0.15, 0.2) is 5.16 Å². The zero-order valence-corrected chi connectivity index (χ0v) is 15.9. The Kier molecular flexibility index (Phi) is 4.96. The maximum atomic E-state index is 12.7. The van der Waals surface area contributed by atoms with Crippen molar-refractivity contribution in [2.45, 2.75) is 32.3 Å². The largest absolute Gasteiger partial charge is 0.370 e. The van der Waals surface area contributed by atoms with Crippen molar-refractivity contribution in [3.8, 4) is 11.1 Å². The number of hydrogen-bond acceptors (Lipinski definition) is 5. The molecular formula is C18H19N3O2S2. The molecule has 7 heteroatoms. The number of aryl methyl sites for hydroxylation is 3. The first kappa shape index (κ1) is 17.7. The number of nitrogens with zero attached hydrogens (tertiary/aromatic N) is 1. The Morgan fingerprint density at radius 3 is 2.72 bits per heavy atom. The summed E-state index contributed by atoms with van der Waals surface area (Å²) in [6.45, 7) is 6.15. The second-order valence-electron chi connectivity index (χ2n) is 5.95. The summed E-state index contributed by atoms with van der Waals surface area (Å²) >= 11 is 2.85. The number of rotatable bonds is 5. The summed E-state index contributed by atoms with van der Waals surface area (Å²) in [4.78, 5) is 32.7. The van der Waals surface area contributed by atoms with Crippen molar-refractivity contribution in [3.05, 3.63) is 44.6 Å². The lowest BCUT2D eigenvalue weighted by molar-refractivity contribution is -0.117. The van der Waals surface area contributed by atoms with Gasteiger partial charge in [0.2, 0.25) is 5.91 Å². The average Bonchev–Trinajstić information content (AvgIpc) is 2.86. The fourth-order valence-corrected chi connectivity index (χ4v) is 4.58. The topological polar surface area (TPSA) is 88.8 Å². The molecule has 0 fully saturated rings. The monoisotopic (exact) mass is 373 g/mol. The number of amides is 1. The minimum absolute atomic E-state index is 0.149. The number of thiophene rings is 1. The summed E-state index contributed by atoms with van der Waals surface area (Å²) in [6, 6.07) is 6.23. The summed E-state index contributed by atoms with van der Waals surface area (Å²) < 4.78 is 0. The Hall–Kier alpha value is -2.12. The molecule has 3 N–H and O–H groups in total. The normalized spacial score (nSPS) is 11.2. The molecule has 0 radical (unpaired) electrons. The smallest absolute Gasteiger partial charge is 0.260 e. The Labute approximate surface area is 153 Å². The van der Waals surface area contributed by atoms with Crippen LogP contribution in [0.15, 0.2) is 28.2 Å². The van der Waals surface area contributed by atoms with E-state index >= 15 is 0 Å². The van der Waals surface area contributed by atoms with Gasteiger partial charge in [-0.1, -0.05) is 30.0 Å². The molecule has 0 bridgehead atoms. The van der Waals surface area contributed by atoms with E-state index in [0.29, 0.717) is 16.3 Å². The number of carbonyl (C=O) groups excluding carboxylic acids is 1. The van der Waals surface area contributed by atoms with Gasteiger partial charge in [-0.2, -0.15) is 0 Å². The van der Waals surface area contributed by atoms with Crippen molar-refractivity contribution in [2.75, 3.05) is 5.75 Å². The first-order chi connectivity index (χ1) is 11.9. The molecule has 0 unspecified atom stereocenters. The molecule has 1 aromatic carbocycles. The highest BCUT2D eigenvalue weighted by molar-refractivity contribution is 7.99. The van der Waals surface area contributed by atoms with Crippen molar-refractivity contribution < 1.29 is 4.79 Å². The summed E-state index contributed by atoms with van der Waals surface area (Å²) in [6.07, 6.45) is 0.254. The molecular weight excluding hydrogens is 354 g/mol. The Bertz CT molecular complexity index is 1020. The average molecular weight is 374 g/mol. The third-order valence-electron chi connectivity index (χ3n) is 4.10. The molecule has 3 aromatic rings. The Balaban J connectivity index is 2.06. The fraction of sp³-hybridized carbons (Fsp3) is 0.278. The third-order valence-corrected chi connectivity index (χ3v) is 5.97. The summed E-state index contributed by atoms with van der Waals surface area (Å²) in [7, 11) is 0. The molecule has 2 heterocycles. The number of nitrogens with two attached hydrogens (primary N) is 1. The molecule has 0 spiro atoms. The molecule has 0 saturated heterocycles. The predicted octanol–water partition coefficient (Wildman–Crippen LogP) is 3.54. The van der Waals surface area contributed by atoms with Crippen molar-refractivity contribution in [1.29, 1.82) is 0 Å². The number of hydrogen-bond donors (Lipinski definition) is 2. The van der Waals surface area contributed by atoms with Crippen LogP contribution in [0.4, 0.5) is 0 Å². The Morgan fingerprint density at radius 2 is 2.04 bits per heavy atom. The van der Waals surface area contributed by atoms with Crippen molar-refractivity contribution in [2.24, 2.45) is 5.73 Å². The number of primary amides is 1. The number of aromatic nitrogens is 2. The van der Waals surface area contributed by atoms with Crippen molar-refractivity contribution in [1.82, 2.24) is 9.97 Å². The molecule has 0 aliphatic carbocycles. The number of fused-ring (bicyclic) bond motifs is 1. The van der Waals surface area contributed by atoms with Gasteiger partial charge in [0.25, 0.3) is 5.56 Å². The molecule has 0 aliphatic rings. The first-order valence-electron chi connectivity index (χ1n) is 7.89. The van der Waals surface area contributed by atoms with Crippen LogP contribution in [0.3, 0.4) is 0 Å². The van der Waals surface area contributed by atoms with Crippen LogP contribution in [0, 0.1) is 20.8 Å². The van der Waals surface area contributed by atoms with Gasteiger partial charge >= 0.3 is 0 Å². The van der Waals surface area contributed by atoms with Gasteiger partial charge in [-0.05, 0) is 37.5 Å². The van der Waals surface area contributed by atoms with Gasteiger partial charge in [-0.15, -0.1) is 11.3 Å². The molecule has 5 nitrogen and oxygen atoms in total. The lowest BCUT2D eigenvalue weighted by atomic mass is 9.99. The minimum Gasteiger partial charge on any atom is -0.370 e. The molecule has 0 saturated carbocycles. The predicted molar refractivity (Wildman–Crippen MR) is 104 cm³/mol. The summed E-state index contributed by atoms with van der Waals surface area (Å²) in [5.74, 6) is 0.137. The van der Waals surface area contributed by atoms with Crippen LogP contribution in [-0.4, -0.2) is 21.6 Å². The number of aromatic amines is 1. The fourth-order valence-electron chi connectivity index (χ4n) is 2.66. The second-order valence-corrected chi connectivity index (χ2v) is 8.24. The van der Waals surface area contributed by atoms with E-state index in [1.54, 1.807) is 0 Å². The lowest BCUT2D eigenvalue weighted by Gasteiger charge is -2.06. The summed E-state index contributed by atoms with van der Waals surface area (Å²) in [5.41, 5.74) is 9.40. The van der Waals surface area contributed by atoms with E-state index in [-0.39, 0.29) is 17.9 Å². The molecule has 25 heavy (non-hydrogen) atoms. The van der Waals surface area contributed by atoms with E-state index in [4.69, 9.17) is 5.73 Å². The van der Waals surface area contributed by atoms with Crippen LogP contribution in [0.1, 0.15) is 22.4 Å². The van der Waals surface area contributed by atoms with Crippen LogP contribution >= 0.6 is 23.1 Å². The van der Waals surface area contributed by atoms with E-state index in [1.807, 2.05) is 13.0 Å². The minimum atomic E-state index is -0.361. The van der Waals surface area contributed by atoms with Crippen LogP contribution < -0.4 is 11.3 Å². The highest BCUT2D eigenvalue weighted by Gasteiger charge is 2.17. The SMILES string of the molecule is Cc1ccc(-c2c(C)sc3nc(SCCC(N)=O)[nH]c(=O)c23)cc1C. The third kappa shape index (κ3) is 3.62. The number of H-pyrrole nitrogens is 1. The quantitative estimate of drug-likeness (QED) is 0.529. The standard InChI is InChI=1S/C18H19N3O2S2/c1-9-4-5-12(8-10(9)2)14-11(3)25-17-15(14)16(23)20-18(21-17)24-7-6-13(19)22/h4-5,8H,6-7H2,1-3H3,(H2,19,22)(H,20,21,23). The maximum Gasteiger partial charge on any atom is 0.260 e. The second kappa shape index (κ2) is 7.01. The van der Waals surface area contributed by atoms with Crippen LogP contribution in [0.25, 0.3) is 21.3 Å². The van der Waals surface area contributed by atoms with Crippen LogP contribution in [-0.2, 0) is 4.79 Å². The van der Waals surface area contributed by atoms with Gasteiger partial charge in [-0.25, -0.2) is 4.98 Å². The lowest BCUT2D eigenvalue weighted by Crippen LogP contribution is -2.12. The molecule has 0 aliphatic heterocycles. The van der Waals surface area contributed by atoms with Gasteiger partial charge in [0.05, 0.1) is 5.39 Å². The number of nitrogens with one attached hydrogen (secondary N) is 1. The highest BCUT2D eigenvalue weighted by Crippen LogP contribution is 2.36. The number of carbonyl (C=O) groups is 1. The van der Waals surface area contributed by atoms with Gasteiger partial charge in [0.1, 0.15) is 4.83 Å². The highest BCUT2D eigenvalue weighted by atomic mass is 32.2. The van der Waals surface area contributed by atoms with E-state index < -0.39 is 0 Å². The summed E-state index contributed by atoms with van der Waals surface area (Å²) in [5, 5.41) is 1.15. The molecule has 130 valence electrons. The zero-order chi connectivity index (χ0) is 18.1. The van der Waals surface area contributed by atoms with E-state index in [1.165, 1.54) is 34.2 Å². The van der Waals surface area contributed by atoms with E-state index in [2.05, 4.69) is 35.9 Å². The first-order valence-corrected chi connectivity index (χ1v) is 9.69. The van der Waals surface area contributed by atoms with Gasteiger partial charge < -0.3 is 10.7 Å². The van der Waals surface area contributed by atoms with Crippen molar-refractivity contribution >= 4 is 39.2 Å².